The fraction of sp³-hybridized carbons (Fsp3) is 0.333. The Hall–Kier alpha value is -4.55. The van der Waals surface area contributed by atoms with Crippen LogP contribution in [0.4, 0.5) is 24.9 Å². The molecule has 0 atom stereocenters. The Morgan fingerprint density at radius 2 is 1.62 bits per heavy atom. The van der Waals surface area contributed by atoms with Crippen molar-refractivity contribution in [2.75, 3.05) is 44.0 Å². The Morgan fingerprint density at radius 1 is 0.950 bits per heavy atom. The Balaban J connectivity index is 0.000000708. The van der Waals surface area contributed by atoms with E-state index < -0.39 is 12.1 Å². The van der Waals surface area contributed by atoms with Crippen LogP contribution >= 0.6 is 0 Å². The Bertz CT molecular complexity index is 1210. The Morgan fingerprint density at radius 3 is 2.30 bits per heavy atom. The van der Waals surface area contributed by atoms with Gasteiger partial charge >= 0.3 is 12.1 Å². The maximum Gasteiger partial charge on any atom is 0.490 e. The second kappa shape index (κ2) is 16.4. The lowest BCUT2D eigenvalue weighted by Crippen LogP contribution is -2.29. The summed E-state index contributed by atoms with van der Waals surface area (Å²) >= 11 is 0. The van der Waals surface area contributed by atoms with Crippen molar-refractivity contribution in [3.8, 4) is 11.5 Å². The summed E-state index contributed by atoms with van der Waals surface area (Å²) < 4.78 is 42.7. The van der Waals surface area contributed by atoms with Crippen molar-refractivity contribution in [1.29, 1.82) is 0 Å². The molecule has 10 nitrogen and oxygen atoms in total. The smallest absolute Gasteiger partial charge is 0.490 e. The fourth-order valence-corrected chi connectivity index (χ4v) is 3.23. The van der Waals surface area contributed by atoms with Crippen molar-refractivity contribution in [1.82, 2.24) is 15.3 Å². The third-order valence-corrected chi connectivity index (χ3v) is 5.06. The minimum atomic E-state index is -5.08. The van der Waals surface area contributed by atoms with Gasteiger partial charge in [0, 0.05) is 31.3 Å². The Labute approximate surface area is 229 Å². The van der Waals surface area contributed by atoms with Crippen LogP contribution in [0.5, 0.6) is 11.5 Å². The summed E-state index contributed by atoms with van der Waals surface area (Å²) in [6.07, 6.45) is -3.96. The Kier molecular flexibility index (Phi) is 13.0. The molecule has 0 aliphatic heterocycles. The summed E-state index contributed by atoms with van der Waals surface area (Å²) in [5.74, 6) is 0.0987. The van der Waals surface area contributed by atoms with Crippen LogP contribution in [0.25, 0.3) is 0 Å². The van der Waals surface area contributed by atoms with Gasteiger partial charge in [0.1, 0.15) is 23.9 Å². The van der Waals surface area contributed by atoms with Gasteiger partial charge in [-0.3, -0.25) is 4.79 Å². The van der Waals surface area contributed by atoms with Gasteiger partial charge in [-0.1, -0.05) is 36.4 Å². The number of rotatable bonds is 13. The zero-order valence-electron chi connectivity index (χ0n) is 22.1. The first-order chi connectivity index (χ1) is 19.1. The van der Waals surface area contributed by atoms with E-state index in [9.17, 15) is 18.0 Å². The number of aliphatic carboxylic acids is 1. The van der Waals surface area contributed by atoms with Crippen LogP contribution in [0.2, 0.25) is 0 Å². The summed E-state index contributed by atoms with van der Waals surface area (Å²) in [6.45, 7) is 3.95. The van der Waals surface area contributed by atoms with Crippen molar-refractivity contribution in [2.45, 2.75) is 25.9 Å². The molecule has 13 heteroatoms. The van der Waals surface area contributed by atoms with Crippen molar-refractivity contribution >= 4 is 23.6 Å². The molecule has 216 valence electrons. The van der Waals surface area contributed by atoms with E-state index in [0.717, 1.165) is 29.2 Å². The molecule has 0 fully saturated rings. The first-order valence-electron chi connectivity index (χ1n) is 12.3. The van der Waals surface area contributed by atoms with E-state index in [1.165, 1.54) is 0 Å². The number of anilines is 2. The number of alkyl halides is 3. The number of halogens is 3. The lowest BCUT2D eigenvalue weighted by atomic mass is 10.1. The number of para-hydroxylation sites is 2. The number of amides is 1. The van der Waals surface area contributed by atoms with Crippen molar-refractivity contribution in [2.24, 2.45) is 0 Å². The number of ether oxygens (including phenoxy) is 2. The largest absolute Gasteiger partial charge is 0.496 e. The maximum absolute atomic E-state index is 12.0. The van der Waals surface area contributed by atoms with E-state index >= 15 is 0 Å². The number of nitrogens with one attached hydrogen (secondary N) is 3. The number of methoxy groups -OCH3 is 1. The molecule has 1 amide bonds. The molecule has 3 rings (SSSR count). The van der Waals surface area contributed by atoms with E-state index in [1.54, 1.807) is 7.11 Å². The van der Waals surface area contributed by atoms with Crippen LogP contribution in [-0.2, 0) is 16.0 Å². The normalized spacial score (nSPS) is 10.5. The molecule has 0 saturated heterocycles. The summed E-state index contributed by atoms with van der Waals surface area (Å²) in [5, 5.41) is 16.4. The van der Waals surface area contributed by atoms with Gasteiger partial charge in [-0.25, -0.2) is 9.78 Å². The molecule has 3 aromatic rings. The van der Waals surface area contributed by atoms with Crippen LogP contribution < -0.4 is 25.4 Å². The van der Waals surface area contributed by atoms with Gasteiger partial charge in [0.2, 0.25) is 11.9 Å². The van der Waals surface area contributed by atoms with E-state index in [0.29, 0.717) is 44.4 Å². The number of hydrogen-bond acceptors (Lipinski definition) is 8. The molecule has 40 heavy (non-hydrogen) atoms. The highest BCUT2D eigenvalue weighted by Crippen LogP contribution is 2.18. The van der Waals surface area contributed by atoms with Gasteiger partial charge in [-0.2, -0.15) is 18.2 Å². The minimum absolute atomic E-state index is 0.0416. The summed E-state index contributed by atoms with van der Waals surface area (Å²) in [7, 11) is 1.67. The predicted octanol–water partition coefficient (Wildman–Crippen LogP) is 4.08. The second-order valence-corrected chi connectivity index (χ2v) is 8.20. The van der Waals surface area contributed by atoms with Crippen LogP contribution in [-0.4, -0.2) is 66.5 Å². The zero-order chi connectivity index (χ0) is 29.4. The van der Waals surface area contributed by atoms with Crippen LogP contribution in [0.3, 0.4) is 0 Å². The second-order valence-electron chi connectivity index (χ2n) is 8.20. The SMILES string of the molecule is COc1ccccc1CCNc1nc(C)cc(NCCC(=O)NCCOc2ccccc2)n1.O=C(O)C(F)(F)F. The molecular formula is C27H32F3N5O5. The van der Waals surface area contributed by atoms with Crippen molar-refractivity contribution in [3.05, 3.63) is 71.9 Å². The fourth-order valence-electron chi connectivity index (χ4n) is 3.23. The molecule has 1 aromatic heterocycles. The highest BCUT2D eigenvalue weighted by molar-refractivity contribution is 5.76. The average Bonchev–Trinajstić information content (AvgIpc) is 2.91. The third-order valence-electron chi connectivity index (χ3n) is 5.06. The topological polar surface area (TPSA) is 135 Å². The van der Waals surface area contributed by atoms with Gasteiger partial charge < -0.3 is 30.5 Å². The summed E-state index contributed by atoms with van der Waals surface area (Å²) in [6, 6.07) is 19.3. The molecule has 4 N–H and O–H groups in total. The lowest BCUT2D eigenvalue weighted by molar-refractivity contribution is -0.192. The predicted molar refractivity (Wildman–Crippen MR) is 144 cm³/mol. The zero-order valence-corrected chi connectivity index (χ0v) is 22.1. The van der Waals surface area contributed by atoms with E-state index in [2.05, 4.69) is 25.9 Å². The standard InChI is InChI=1S/C25H31N5O3.C2HF3O2/c1-19-18-23(26-15-13-24(31)27-16-17-33-21-9-4-3-5-10-21)30-25(29-19)28-14-12-20-8-6-7-11-22(20)32-2;3-2(4,5)1(6)7/h3-11,18H,12-17H2,1-2H3,(H,27,31)(H2,26,28,29,30);(H,6,7). The molecule has 0 unspecified atom stereocenters. The number of carboxylic acid groups (broad SMARTS) is 1. The van der Waals surface area contributed by atoms with Gasteiger partial charge in [0.05, 0.1) is 13.7 Å². The molecule has 0 saturated carbocycles. The first kappa shape index (κ1) is 31.7. The van der Waals surface area contributed by atoms with Gasteiger partial charge in [0.15, 0.2) is 0 Å². The number of benzene rings is 2. The number of carboxylic acids is 1. The summed E-state index contributed by atoms with van der Waals surface area (Å²) in [5.41, 5.74) is 1.97. The third kappa shape index (κ3) is 12.3. The number of nitrogens with zero attached hydrogens (tertiary/aromatic N) is 2. The van der Waals surface area contributed by atoms with Crippen molar-refractivity contribution < 1.29 is 37.3 Å². The molecule has 0 bridgehead atoms. The molecule has 2 aromatic carbocycles. The highest BCUT2D eigenvalue weighted by Gasteiger charge is 2.38. The summed E-state index contributed by atoms with van der Waals surface area (Å²) in [4.78, 5) is 29.9. The van der Waals surface area contributed by atoms with E-state index in [4.69, 9.17) is 19.4 Å². The molecule has 0 spiro atoms. The molecule has 0 aliphatic rings. The van der Waals surface area contributed by atoms with Gasteiger partial charge in [-0.15, -0.1) is 0 Å². The molecule has 0 radical (unpaired) electrons. The van der Waals surface area contributed by atoms with E-state index in [-0.39, 0.29) is 5.91 Å². The highest BCUT2D eigenvalue weighted by atomic mass is 19.4. The molecular weight excluding hydrogens is 531 g/mol. The number of aryl methyl sites for hydroxylation is 1. The molecule has 1 heterocycles. The first-order valence-corrected chi connectivity index (χ1v) is 12.3. The van der Waals surface area contributed by atoms with E-state index in [1.807, 2.05) is 67.6 Å². The molecule has 0 aliphatic carbocycles. The number of hydrogen-bond donors (Lipinski definition) is 4. The van der Waals surface area contributed by atoms with Crippen LogP contribution in [0, 0.1) is 6.92 Å². The monoisotopic (exact) mass is 563 g/mol. The number of carbonyl (C=O) groups is 2. The minimum Gasteiger partial charge on any atom is -0.496 e. The quantitative estimate of drug-likeness (QED) is 0.227. The van der Waals surface area contributed by atoms with Crippen molar-refractivity contribution in [3.63, 3.8) is 0 Å². The van der Waals surface area contributed by atoms with Gasteiger partial charge in [0.25, 0.3) is 0 Å². The average molecular weight is 564 g/mol. The van der Waals surface area contributed by atoms with Crippen LogP contribution in [0.15, 0.2) is 60.7 Å². The number of carbonyl (C=O) groups excluding carboxylic acids is 1. The number of aromatic nitrogens is 2. The lowest BCUT2D eigenvalue weighted by Gasteiger charge is -2.11. The maximum atomic E-state index is 12.0. The van der Waals surface area contributed by atoms with Crippen LogP contribution in [0.1, 0.15) is 17.7 Å². The van der Waals surface area contributed by atoms with Gasteiger partial charge in [-0.05, 0) is 37.1 Å².